The van der Waals surface area contributed by atoms with Gasteiger partial charge in [-0.15, -0.1) is 5.10 Å². The fourth-order valence-corrected chi connectivity index (χ4v) is 5.28. The predicted molar refractivity (Wildman–Crippen MR) is 132 cm³/mol. The third-order valence-corrected chi connectivity index (χ3v) is 7.38. The van der Waals surface area contributed by atoms with Gasteiger partial charge in [0.1, 0.15) is 11.1 Å². The van der Waals surface area contributed by atoms with Crippen molar-refractivity contribution in [2.75, 3.05) is 22.1 Å². The largest absolute Gasteiger partial charge is 0.311 e. The lowest BCUT2D eigenvalue weighted by Gasteiger charge is -2.31. The summed E-state index contributed by atoms with van der Waals surface area (Å²) in [4.78, 5) is 28.7. The highest BCUT2D eigenvalue weighted by Crippen LogP contribution is 2.52. The predicted octanol–water partition coefficient (Wildman–Crippen LogP) is 4.95. The molecule has 1 aromatic heterocycles. The van der Waals surface area contributed by atoms with Gasteiger partial charge >= 0.3 is 0 Å². The Morgan fingerprint density at radius 1 is 1.15 bits per heavy atom. The molecule has 0 aliphatic carbocycles. The van der Waals surface area contributed by atoms with E-state index >= 15 is 0 Å². The highest BCUT2D eigenvalue weighted by Gasteiger charge is 2.58. The van der Waals surface area contributed by atoms with Gasteiger partial charge in [-0.3, -0.25) is 9.59 Å². The van der Waals surface area contributed by atoms with Crippen LogP contribution in [0.15, 0.2) is 42.5 Å². The summed E-state index contributed by atoms with van der Waals surface area (Å²) in [5.74, 6) is -0.0192. The number of carbonyl (C=O) groups excluding carboxylic acids is 2. The molecule has 10 heteroatoms. The molecule has 0 saturated carbocycles. The quantitative estimate of drug-likeness (QED) is 0.457. The Morgan fingerprint density at radius 2 is 1.88 bits per heavy atom. The molecule has 2 aliphatic rings. The van der Waals surface area contributed by atoms with Crippen molar-refractivity contribution < 1.29 is 9.59 Å². The van der Waals surface area contributed by atoms with Crippen LogP contribution >= 0.6 is 39.1 Å². The van der Waals surface area contributed by atoms with Crippen molar-refractivity contribution >= 4 is 62.5 Å². The van der Waals surface area contributed by atoms with Gasteiger partial charge in [0.2, 0.25) is 11.8 Å². The maximum absolute atomic E-state index is 13.9. The van der Waals surface area contributed by atoms with Crippen molar-refractivity contribution in [1.82, 2.24) is 15.0 Å². The summed E-state index contributed by atoms with van der Waals surface area (Å²) < 4.78 is 1.65. The Kier molecular flexibility index (Phi) is 5.71. The van der Waals surface area contributed by atoms with Crippen LogP contribution in [0.25, 0.3) is 0 Å². The van der Waals surface area contributed by atoms with Crippen molar-refractivity contribution in [3.05, 3.63) is 69.3 Å². The van der Waals surface area contributed by atoms with E-state index in [1.165, 1.54) is 0 Å². The van der Waals surface area contributed by atoms with Crippen LogP contribution in [0, 0.1) is 0 Å². The number of alkyl halides is 1. The van der Waals surface area contributed by atoms with Crippen molar-refractivity contribution in [3.8, 4) is 0 Å². The van der Waals surface area contributed by atoms with E-state index in [0.29, 0.717) is 33.7 Å². The van der Waals surface area contributed by atoms with E-state index in [-0.39, 0.29) is 24.3 Å². The Hall–Kier alpha value is -2.42. The molecule has 2 aromatic carbocycles. The molecule has 1 N–H and O–H groups in total. The third kappa shape index (κ3) is 3.47. The summed E-state index contributed by atoms with van der Waals surface area (Å²) in [6, 6.07) is 12.5. The highest BCUT2D eigenvalue weighted by molar-refractivity contribution is 9.09. The van der Waals surface area contributed by atoms with Crippen molar-refractivity contribution in [2.45, 2.75) is 31.2 Å². The van der Waals surface area contributed by atoms with Gasteiger partial charge in [-0.1, -0.05) is 56.5 Å². The molecule has 7 nitrogen and oxygen atoms in total. The van der Waals surface area contributed by atoms with Gasteiger partial charge in [0.15, 0.2) is 5.82 Å². The maximum Gasteiger partial charge on any atom is 0.244 e. The minimum Gasteiger partial charge on any atom is -0.311 e. The molecule has 3 heterocycles. The summed E-state index contributed by atoms with van der Waals surface area (Å²) >= 11 is 15.8. The van der Waals surface area contributed by atoms with E-state index in [0.717, 1.165) is 23.0 Å². The Balaban J connectivity index is 1.67. The van der Waals surface area contributed by atoms with Gasteiger partial charge < -0.3 is 10.2 Å². The van der Waals surface area contributed by atoms with Crippen LogP contribution in [0.5, 0.6) is 0 Å². The summed E-state index contributed by atoms with van der Waals surface area (Å²) in [7, 11) is 0. The van der Waals surface area contributed by atoms with Gasteiger partial charge in [-0.25, -0.2) is 4.68 Å². The van der Waals surface area contributed by atoms with E-state index < -0.39 is 5.41 Å². The molecule has 0 bridgehead atoms. The zero-order valence-corrected chi connectivity index (χ0v) is 20.8. The van der Waals surface area contributed by atoms with Gasteiger partial charge in [0, 0.05) is 27.6 Å². The smallest absolute Gasteiger partial charge is 0.244 e. The molecule has 1 spiro atoms. The summed E-state index contributed by atoms with van der Waals surface area (Å²) in [6.45, 7) is 2.47. The molecule has 0 fully saturated rings. The first-order chi connectivity index (χ1) is 15.9. The second kappa shape index (κ2) is 8.42. The highest BCUT2D eigenvalue weighted by atomic mass is 79.9. The van der Waals surface area contributed by atoms with Gasteiger partial charge in [0.25, 0.3) is 0 Å². The molecule has 0 radical (unpaired) electrons. The van der Waals surface area contributed by atoms with E-state index in [1.54, 1.807) is 33.8 Å². The molecule has 3 aromatic rings. The second-order valence-corrected chi connectivity index (χ2v) is 9.92. The summed E-state index contributed by atoms with van der Waals surface area (Å²) in [5, 5.41) is 13.6. The minimum absolute atomic E-state index is 0.0506. The van der Waals surface area contributed by atoms with Gasteiger partial charge in [-0.05, 0) is 54.8 Å². The Labute approximate surface area is 209 Å². The van der Waals surface area contributed by atoms with Gasteiger partial charge in [-0.2, -0.15) is 0 Å². The van der Waals surface area contributed by atoms with Crippen LogP contribution in [0.3, 0.4) is 0 Å². The molecular weight excluding hydrogens is 529 g/mol. The zero-order valence-electron chi connectivity index (χ0n) is 17.7. The minimum atomic E-state index is -1.26. The van der Waals surface area contributed by atoms with E-state index in [1.807, 2.05) is 25.1 Å². The van der Waals surface area contributed by atoms with Crippen molar-refractivity contribution in [3.63, 3.8) is 0 Å². The van der Waals surface area contributed by atoms with Gasteiger partial charge in [0.05, 0.1) is 12.5 Å². The molecule has 1 unspecified atom stereocenters. The number of amides is 2. The number of hydrogen-bond donors (Lipinski definition) is 1. The standard InChI is InChI=1S/C23H20BrCl2N5O2/c1-13(14-3-5-15(25)6-4-14)31-21-20(28-29-31)23(12-19(32)27-21)17-11-16(26)7-8-18(17)30(22(23)33)10-2-9-24/h3-8,11,13H,2,9-10,12H2,1H3,(H,27,32)/t13?,23-/m1/s1. The monoisotopic (exact) mass is 547 g/mol. The van der Waals surface area contributed by atoms with E-state index in [9.17, 15) is 9.59 Å². The number of hydrogen-bond acceptors (Lipinski definition) is 4. The molecule has 0 saturated heterocycles. The molecule has 170 valence electrons. The zero-order chi connectivity index (χ0) is 23.3. The number of nitrogens with zero attached hydrogens (tertiary/aromatic N) is 4. The number of halogens is 3. The normalized spacial score (nSPS) is 20.1. The van der Waals surface area contributed by atoms with Crippen LogP contribution in [0.2, 0.25) is 10.0 Å². The van der Waals surface area contributed by atoms with E-state index in [4.69, 9.17) is 23.2 Å². The first-order valence-corrected chi connectivity index (χ1v) is 12.4. The lowest BCUT2D eigenvalue weighted by molar-refractivity contribution is -0.126. The molecule has 2 amide bonds. The number of aromatic nitrogens is 3. The Bertz CT molecular complexity index is 1260. The number of nitrogens with one attached hydrogen (secondary N) is 1. The fourth-order valence-electron chi connectivity index (χ4n) is 4.73. The Morgan fingerprint density at radius 3 is 2.61 bits per heavy atom. The van der Waals surface area contributed by atoms with Crippen molar-refractivity contribution in [1.29, 1.82) is 0 Å². The molecule has 33 heavy (non-hydrogen) atoms. The average molecular weight is 549 g/mol. The number of benzene rings is 2. The first-order valence-electron chi connectivity index (χ1n) is 10.6. The average Bonchev–Trinajstić information content (AvgIpc) is 3.31. The van der Waals surface area contributed by atoms with Crippen LogP contribution in [-0.4, -0.2) is 38.7 Å². The summed E-state index contributed by atoms with van der Waals surface area (Å²) in [5.41, 5.74) is 1.57. The van der Waals surface area contributed by atoms with Crippen LogP contribution in [-0.2, 0) is 15.0 Å². The van der Waals surface area contributed by atoms with Crippen molar-refractivity contribution in [2.24, 2.45) is 0 Å². The van der Waals surface area contributed by atoms with Crippen LogP contribution in [0.4, 0.5) is 11.5 Å². The first kappa shape index (κ1) is 22.4. The lowest BCUT2D eigenvalue weighted by Crippen LogP contribution is -2.47. The number of carbonyl (C=O) groups is 2. The number of rotatable bonds is 5. The number of anilines is 2. The molecule has 5 rings (SSSR count). The van der Waals surface area contributed by atoms with Crippen LogP contribution < -0.4 is 10.2 Å². The molecular formula is C23H20BrCl2N5O2. The second-order valence-electron chi connectivity index (χ2n) is 8.25. The van der Waals surface area contributed by atoms with E-state index in [2.05, 4.69) is 31.6 Å². The fraction of sp³-hybridized carbons (Fsp3) is 0.304. The third-order valence-electron chi connectivity index (χ3n) is 6.34. The van der Waals surface area contributed by atoms with Crippen LogP contribution in [0.1, 0.15) is 42.6 Å². The maximum atomic E-state index is 13.9. The SMILES string of the molecule is CC(c1ccc(Cl)cc1)n1nnc2c1NC(=O)C[C@]21C(=O)N(CCCBr)c2ccc(Cl)cc21. The molecule has 2 atom stereocenters. The lowest BCUT2D eigenvalue weighted by atomic mass is 9.73. The summed E-state index contributed by atoms with van der Waals surface area (Å²) in [6.07, 6.45) is 0.717. The molecule has 2 aliphatic heterocycles. The topological polar surface area (TPSA) is 80.1 Å². The number of fused-ring (bicyclic) bond motifs is 4.